The molecule has 2 aliphatic heterocycles. The number of allylic oxidation sites excluding steroid dienone is 1. The van der Waals surface area contributed by atoms with Crippen molar-refractivity contribution in [3.63, 3.8) is 0 Å². The molecule has 2 spiro atoms. The molecular formula is C13H19NO3. The maximum absolute atomic E-state index is 11.6. The Kier molecular flexibility index (Phi) is 2.52. The zero-order chi connectivity index (χ0) is 11.9. The first-order chi connectivity index (χ1) is 8.14. The summed E-state index contributed by atoms with van der Waals surface area (Å²) in [7, 11) is 2.07. The molecule has 1 saturated carbocycles. The van der Waals surface area contributed by atoms with Crippen LogP contribution in [0.4, 0.5) is 0 Å². The molecule has 0 radical (unpaired) electrons. The van der Waals surface area contributed by atoms with E-state index in [1.54, 1.807) is 6.08 Å². The molecule has 0 aromatic rings. The number of carbonyl (C=O) groups excluding carboxylic acids is 1. The molecular weight excluding hydrogens is 218 g/mol. The number of nitrogens with zero attached hydrogens (tertiary/aromatic N) is 1. The van der Waals surface area contributed by atoms with Gasteiger partial charge < -0.3 is 14.4 Å². The van der Waals surface area contributed by atoms with Crippen molar-refractivity contribution in [3.8, 4) is 0 Å². The zero-order valence-electron chi connectivity index (χ0n) is 10.3. The van der Waals surface area contributed by atoms with E-state index in [2.05, 4.69) is 11.9 Å². The van der Waals surface area contributed by atoms with Gasteiger partial charge in [-0.2, -0.15) is 0 Å². The molecule has 1 saturated heterocycles. The first-order valence-corrected chi connectivity index (χ1v) is 6.36. The molecule has 17 heavy (non-hydrogen) atoms. The van der Waals surface area contributed by atoms with Crippen molar-refractivity contribution in [2.45, 2.75) is 43.4 Å². The summed E-state index contributed by atoms with van der Waals surface area (Å²) in [6.45, 7) is 1.42. The predicted octanol–water partition coefficient (Wildman–Crippen LogP) is 1.46. The lowest BCUT2D eigenvalue weighted by molar-refractivity contribution is -0.192. The second kappa shape index (κ2) is 3.82. The minimum Gasteiger partial charge on any atom is -0.374 e. The fourth-order valence-corrected chi connectivity index (χ4v) is 3.27. The van der Waals surface area contributed by atoms with E-state index in [4.69, 9.17) is 9.47 Å². The first kappa shape index (κ1) is 11.2. The van der Waals surface area contributed by atoms with Gasteiger partial charge in [-0.15, -0.1) is 0 Å². The van der Waals surface area contributed by atoms with Gasteiger partial charge in [0.25, 0.3) is 0 Å². The molecule has 2 fully saturated rings. The van der Waals surface area contributed by atoms with Gasteiger partial charge in [0.1, 0.15) is 0 Å². The molecule has 4 heteroatoms. The minimum absolute atomic E-state index is 0.00634. The van der Waals surface area contributed by atoms with Crippen molar-refractivity contribution >= 4 is 5.78 Å². The van der Waals surface area contributed by atoms with Gasteiger partial charge in [0.05, 0.1) is 13.2 Å². The van der Waals surface area contributed by atoms with Gasteiger partial charge in [0.15, 0.2) is 11.6 Å². The van der Waals surface area contributed by atoms with E-state index in [0.29, 0.717) is 19.6 Å². The van der Waals surface area contributed by atoms with Crippen molar-refractivity contribution in [2.24, 2.45) is 0 Å². The SMILES string of the molecule is CN1C=CC(=O)CC12CCC1(CC2)OCCO1. The van der Waals surface area contributed by atoms with E-state index in [9.17, 15) is 4.79 Å². The summed E-state index contributed by atoms with van der Waals surface area (Å²) >= 11 is 0. The van der Waals surface area contributed by atoms with Crippen molar-refractivity contribution in [1.82, 2.24) is 4.90 Å². The topological polar surface area (TPSA) is 38.8 Å². The second-order valence-corrected chi connectivity index (χ2v) is 5.40. The molecule has 0 unspecified atom stereocenters. The lowest BCUT2D eigenvalue weighted by Gasteiger charge is -2.49. The monoisotopic (exact) mass is 237 g/mol. The van der Waals surface area contributed by atoms with E-state index < -0.39 is 0 Å². The third kappa shape index (κ3) is 1.79. The smallest absolute Gasteiger partial charge is 0.168 e. The Morgan fingerprint density at radius 3 is 2.47 bits per heavy atom. The van der Waals surface area contributed by atoms with Crippen molar-refractivity contribution in [2.75, 3.05) is 20.3 Å². The molecule has 0 N–H and O–H groups in total. The van der Waals surface area contributed by atoms with Crippen LogP contribution in [0.25, 0.3) is 0 Å². The maximum atomic E-state index is 11.6. The third-order valence-electron chi connectivity index (χ3n) is 4.49. The van der Waals surface area contributed by atoms with Crippen LogP contribution in [0.1, 0.15) is 32.1 Å². The molecule has 4 nitrogen and oxygen atoms in total. The quantitative estimate of drug-likeness (QED) is 0.639. The lowest BCUT2D eigenvalue weighted by Crippen LogP contribution is -2.53. The van der Waals surface area contributed by atoms with Crippen LogP contribution in [0.5, 0.6) is 0 Å². The number of ether oxygens (including phenoxy) is 2. The number of hydrogen-bond acceptors (Lipinski definition) is 4. The normalized spacial score (nSPS) is 30.4. The highest BCUT2D eigenvalue weighted by molar-refractivity contribution is 5.91. The minimum atomic E-state index is -0.337. The Labute approximate surface area is 102 Å². The number of hydrogen-bond donors (Lipinski definition) is 0. The summed E-state index contributed by atoms with van der Waals surface area (Å²) < 4.78 is 11.5. The van der Waals surface area contributed by atoms with E-state index in [0.717, 1.165) is 25.7 Å². The van der Waals surface area contributed by atoms with Crippen LogP contribution in [0.15, 0.2) is 12.3 Å². The summed E-state index contributed by atoms with van der Waals surface area (Å²) in [6.07, 6.45) is 7.98. The standard InChI is InChI=1S/C13H19NO3/c1-14-7-2-11(15)10-12(14)3-5-13(6-4-12)16-8-9-17-13/h2,7H,3-6,8-10H2,1H3. The van der Waals surface area contributed by atoms with Crippen LogP contribution < -0.4 is 0 Å². The van der Waals surface area contributed by atoms with Crippen LogP contribution in [-0.2, 0) is 14.3 Å². The zero-order valence-corrected chi connectivity index (χ0v) is 10.3. The average Bonchev–Trinajstić information content (AvgIpc) is 2.78. The lowest BCUT2D eigenvalue weighted by atomic mass is 9.73. The molecule has 3 aliphatic rings. The van der Waals surface area contributed by atoms with Crippen molar-refractivity contribution in [1.29, 1.82) is 0 Å². The fraction of sp³-hybridized carbons (Fsp3) is 0.769. The highest BCUT2D eigenvalue weighted by Gasteiger charge is 2.48. The van der Waals surface area contributed by atoms with Crippen LogP contribution in [-0.4, -0.2) is 42.3 Å². The second-order valence-electron chi connectivity index (χ2n) is 5.40. The number of ketones is 1. The van der Waals surface area contributed by atoms with Crippen LogP contribution in [0, 0.1) is 0 Å². The van der Waals surface area contributed by atoms with E-state index in [-0.39, 0.29) is 17.1 Å². The molecule has 0 aromatic carbocycles. The fourth-order valence-electron chi connectivity index (χ4n) is 3.27. The Bertz CT molecular complexity index is 348. The molecule has 2 heterocycles. The molecule has 0 amide bonds. The number of carbonyl (C=O) groups is 1. The van der Waals surface area contributed by atoms with Crippen LogP contribution in [0.2, 0.25) is 0 Å². The molecule has 0 atom stereocenters. The van der Waals surface area contributed by atoms with E-state index in [1.807, 2.05) is 6.20 Å². The third-order valence-corrected chi connectivity index (χ3v) is 4.49. The summed E-state index contributed by atoms with van der Waals surface area (Å²) in [4.78, 5) is 13.8. The highest BCUT2D eigenvalue weighted by Crippen LogP contribution is 2.45. The Morgan fingerprint density at radius 1 is 1.18 bits per heavy atom. The van der Waals surface area contributed by atoms with Crippen LogP contribution in [0.3, 0.4) is 0 Å². The summed E-state index contributed by atoms with van der Waals surface area (Å²) in [5, 5.41) is 0. The van der Waals surface area contributed by atoms with Gasteiger partial charge in [0.2, 0.25) is 0 Å². The Morgan fingerprint density at radius 2 is 1.82 bits per heavy atom. The molecule has 0 aromatic heterocycles. The molecule has 0 bridgehead atoms. The van der Waals surface area contributed by atoms with E-state index >= 15 is 0 Å². The number of rotatable bonds is 0. The summed E-state index contributed by atoms with van der Waals surface area (Å²) in [6, 6.07) is 0. The Balaban J connectivity index is 1.75. The molecule has 3 rings (SSSR count). The van der Waals surface area contributed by atoms with Gasteiger partial charge in [-0.3, -0.25) is 4.79 Å². The predicted molar refractivity (Wildman–Crippen MR) is 62.4 cm³/mol. The van der Waals surface area contributed by atoms with Crippen molar-refractivity contribution < 1.29 is 14.3 Å². The first-order valence-electron chi connectivity index (χ1n) is 6.36. The molecule has 94 valence electrons. The Hall–Kier alpha value is -0.870. The van der Waals surface area contributed by atoms with Crippen LogP contribution >= 0.6 is 0 Å². The van der Waals surface area contributed by atoms with Gasteiger partial charge in [-0.25, -0.2) is 0 Å². The van der Waals surface area contributed by atoms with E-state index in [1.165, 1.54) is 0 Å². The maximum Gasteiger partial charge on any atom is 0.168 e. The van der Waals surface area contributed by atoms with Gasteiger partial charge >= 0.3 is 0 Å². The highest BCUT2D eigenvalue weighted by atomic mass is 16.7. The van der Waals surface area contributed by atoms with Crippen molar-refractivity contribution in [3.05, 3.63) is 12.3 Å². The van der Waals surface area contributed by atoms with Gasteiger partial charge in [-0.1, -0.05) is 0 Å². The summed E-state index contributed by atoms with van der Waals surface area (Å²) in [5.74, 6) is -0.0941. The van der Waals surface area contributed by atoms with Gasteiger partial charge in [0, 0.05) is 38.0 Å². The largest absolute Gasteiger partial charge is 0.374 e. The van der Waals surface area contributed by atoms with Gasteiger partial charge in [-0.05, 0) is 18.9 Å². The molecule has 1 aliphatic carbocycles. The summed E-state index contributed by atoms with van der Waals surface area (Å²) in [5.41, 5.74) is 0.00634. The average molecular weight is 237 g/mol.